The summed E-state index contributed by atoms with van der Waals surface area (Å²) < 4.78 is 0. The predicted octanol–water partition coefficient (Wildman–Crippen LogP) is 3.55. The summed E-state index contributed by atoms with van der Waals surface area (Å²) in [4.78, 5) is 0. The first-order valence-electron chi connectivity index (χ1n) is 6.84. The quantitative estimate of drug-likeness (QED) is 0.498. The van der Waals surface area contributed by atoms with Crippen LogP contribution in [0.1, 0.15) is 0 Å². The third kappa shape index (κ3) is 2.60. The minimum Gasteiger partial charge on any atom is -0.508 e. The van der Waals surface area contributed by atoms with Crippen molar-refractivity contribution in [3.63, 3.8) is 0 Å². The molecule has 23 heavy (non-hydrogen) atoms. The topological polar surface area (TPSA) is 101 Å². The second kappa shape index (κ2) is 5.46. The smallest absolute Gasteiger partial charge is 0.131 e. The molecular weight excluding hydrogens is 296 g/mol. The van der Waals surface area contributed by atoms with Gasteiger partial charge in [-0.1, -0.05) is 18.2 Å². The van der Waals surface area contributed by atoms with E-state index in [2.05, 4.69) is 0 Å². The van der Waals surface area contributed by atoms with Crippen LogP contribution in [0.4, 0.5) is 0 Å². The highest BCUT2D eigenvalue weighted by molar-refractivity contribution is 5.86. The van der Waals surface area contributed by atoms with Crippen molar-refractivity contribution in [3.8, 4) is 51.0 Å². The third-order valence-corrected chi connectivity index (χ3v) is 3.58. The summed E-state index contributed by atoms with van der Waals surface area (Å²) in [6.07, 6.45) is 0. The molecular formula is C18H14O5. The van der Waals surface area contributed by atoms with Gasteiger partial charge in [-0.3, -0.25) is 0 Å². The van der Waals surface area contributed by atoms with E-state index in [-0.39, 0.29) is 28.7 Å². The van der Waals surface area contributed by atoms with Crippen LogP contribution in [-0.2, 0) is 0 Å². The molecule has 0 fully saturated rings. The van der Waals surface area contributed by atoms with E-state index in [1.54, 1.807) is 18.2 Å². The average molecular weight is 310 g/mol. The van der Waals surface area contributed by atoms with Gasteiger partial charge in [-0.25, -0.2) is 0 Å². The van der Waals surface area contributed by atoms with Crippen LogP contribution in [0.15, 0.2) is 54.6 Å². The van der Waals surface area contributed by atoms with Gasteiger partial charge in [0, 0.05) is 34.4 Å². The van der Waals surface area contributed by atoms with Gasteiger partial charge in [0.25, 0.3) is 0 Å². The van der Waals surface area contributed by atoms with Gasteiger partial charge in [0.2, 0.25) is 0 Å². The number of hydrogen-bond donors (Lipinski definition) is 5. The maximum atomic E-state index is 10.5. The Labute approximate surface area is 132 Å². The van der Waals surface area contributed by atoms with Crippen LogP contribution in [0.5, 0.6) is 28.7 Å². The van der Waals surface area contributed by atoms with E-state index in [0.29, 0.717) is 22.3 Å². The zero-order chi connectivity index (χ0) is 16.6. The van der Waals surface area contributed by atoms with E-state index in [1.165, 1.54) is 36.4 Å². The van der Waals surface area contributed by atoms with Crippen molar-refractivity contribution >= 4 is 0 Å². The minimum absolute atomic E-state index is 0.0851. The second-order valence-electron chi connectivity index (χ2n) is 5.10. The van der Waals surface area contributed by atoms with Crippen LogP contribution < -0.4 is 0 Å². The lowest BCUT2D eigenvalue weighted by Gasteiger charge is -2.13. The van der Waals surface area contributed by atoms with Crippen molar-refractivity contribution < 1.29 is 25.5 Å². The molecule has 0 saturated heterocycles. The lowest BCUT2D eigenvalue weighted by molar-refractivity contribution is 0.450. The highest BCUT2D eigenvalue weighted by Gasteiger charge is 2.16. The summed E-state index contributed by atoms with van der Waals surface area (Å²) in [5.41, 5.74) is 1.40. The Kier molecular flexibility index (Phi) is 3.46. The van der Waals surface area contributed by atoms with Gasteiger partial charge in [0.15, 0.2) is 0 Å². The number of hydrogen-bond acceptors (Lipinski definition) is 5. The molecule has 0 atom stereocenters. The van der Waals surface area contributed by atoms with Gasteiger partial charge in [-0.15, -0.1) is 0 Å². The largest absolute Gasteiger partial charge is 0.508 e. The molecule has 0 aliphatic carbocycles. The zero-order valence-corrected chi connectivity index (χ0v) is 11.9. The Morgan fingerprint density at radius 3 is 1.30 bits per heavy atom. The van der Waals surface area contributed by atoms with E-state index < -0.39 is 0 Å². The number of para-hydroxylation sites is 1. The third-order valence-electron chi connectivity index (χ3n) is 3.58. The molecule has 0 bridgehead atoms. The Bertz CT molecular complexity index is 817. The molecule has 0 aliphatic rings. The van der Waals surface area contributed by atoms with Crippen molar-refractivity contribution in [1.82, 2.24) is 0 Å². The molecule has 5 heteroatoms. The van der Waals surface area contributed by atoms with E-state index in [1.807, 2.05) is 0 Å². The maximum Gasteiger partial charge on any atom is 0.131 e. The fourth-order valence-corrected chi connectivity index (χ4v) is 2.47. The van der Waals surface area contributed by atoms with Crippen molar-refractivity contribution in [2.45, 2.75) is 0 Å². The summed E-state index contributed by atoms with van der Waals surface area (Å²) in [7, 11) is 0. The van der Waals surface area contributed by atoms with Crippen LogP contribution >= 0.6 is 0 Å². The maximum absolute atomic E-state index is 10.5. The molecule has 0 radical (unpaired) electrons. The molecule has 3 aromatic rings. The molecule has 116 valence electrons. The molecule has 3 rings (SSSR count). The monoisotopic (exact) mass is 310 g/mol. The van der Waals surface area contributed by atoms with Crippen LogP contribution in [0.25, 0.3) is 22.3 Å². The number of phenols is 5. The van der Waals surface area contributed by atoms with Gasteiger partial charge >= 0.3 is 0 Å². The fraction of sp³-hybridized carbons (Fsp3) is 0. The standard InChI is InChI=1S/C18H14O5/c19-10-4-6-12(16(21)8-10)14-2-1-3-15(18(14)23)13-7-5-11(20)9-17(13)22/h1-9,19-23H. The SMILES string of the molecule is Oc1ccc(-c2cccc(-c3ccc(O)cc3O)c2O)c(O)c1. The molecule has 5 nitrogen and oxygen atoms in total. The van der Waals surface area contributed by atoms with Crippen molar-refractivity contribution in [2.75, 3.05) is 0 Å². The lowest BCUT2D eigenvalue weighted by Crippen LogP contribution is -1.85. The number of aromatic hydroxyl groups is 5. The normalized spacial score (nSPS) is 10.6. The number of rotatable bonds is 2. The summed E-state index contributed by atoms with van der Waals surface area (Å²) in [5, 5.41) is 49.2. The summed E-state index contributed by atoms with van der Waals surface area (Å²) >= 11 is 0. The lowest BCUT2D eigenvalue weighted by atomic mass is 9.96. The molecule has 0 aliphatic heterocycles. The Morgan fingerprint density at radius 2 is 0.913 bits per heavy atom. The van der Waals surface area contributed by atoms with Crippen LogP contribution in [0, 0.1) is 0 Å². The fourth-order valence-electron chi connectivity index (χ4n) is 2.47. The van der Waals surface area contributed by atoms with Crippen LogP contribution in [0.3, 0.4) is 0 Å². The van der Waals surface area contributed by atoms with Gasteiger partial charge in [-0.05, 0) is 24.3 Å². The van der Waals surface area contributed by atoms with E-state index in [4.69, 9.17) is 0 Å². The number of phenolic OH excluding ortho intramolecular Hbond substituents is 5. The first-order valence-corrected chi connectivity index (χ1v) is 6.84. The van der Waals surface area contributed by atoms with Crippen LogP contribution in [-0.4, -0.2) is 25.5 Å². The van der Waals surface area contributed by atoms with Gasteiger partial charge < -0.3 is 25.5 Å². The zero-order valence-electron chi connectivity index (χ0n) is 11.9. The Balaban J connectivity index is 2.19. The number of benzene rings is 3. The summed E-state index contributed by atoms with van der Waals surface area (Å²) in [5.74, 6) is -0.648. The van der Waals surface area contributed by atoms with E-state index in [0.717, 1.165) is 0 Å². The summed E-state index contributed by atoms with van der Waals surface area (Å²) in [6, 6.07) is 13.0. The molecule has 0 amide bonds. The van der Waals surface area contributed by atoms with Gasteiger partial charge in [-0.2, -0.15) is 0 Å². The molecule has 0 unspecified atom stereocenters. The van der Waals surface area contributed by atoms with Crippen molar-refractivity contribution in [1.29, 1.82) is 0 Å². The molecule has 0 spiro atoms. The Morgan fingerprint density at radius 1 is 0.478 bits per heavy atom. The van der Waals surface area contributed by atoms with Crippen molar-refractivity contribution in [2.24, 2.45) is 0 Å². The molecule has 3 aromatic carbocycles. The van der Waals surface area contributed by atoms with E-state index in [9.17, 15) is 25.5 Å². The molecule has 0 saturated carbocycles. The van der Waals surface area contributed by atoms with Gasteiger partial charge in [0.1, 0.15) is 28.7 Å². The Hall–Kier alpha value is -3.34. The molecule has 5 N–H and O–H groups in total. The second-order valence-corrected chi connectivity index (χ2v) is 5.10. The predicted molar refractivity (Wildman–Crippen MR) is 85.6 cm³/mol. The van der Waals surface area contributed by atoms with E-state index >= 15 is 0 Å². The average Bonchev–Trinajstić information content (AvgIpc) is 2.49. The highest BCUT2D eigenvalue weighted by Crippen LogP contribution is 2.44. The van der Waals surface area contributed by atoms with Crippen molar-refractivity contribution in [3.05, 3.63) is 54.6 Å². The first kappa shape index (κ1) is 14.6. The molecule has 0 aromatic heterocycles. The van der Waals surface area contributed by atoms with Crippen LogP contribution in [0.2, 0.25) is 0 Å². The minimum atomic E-state index is -0.174. The molecule has 0 heterocycles. The summed E-state index contributed by atoms with van der Waals surface area (Å²) in [6.45, 7) is 0. The highest BCUT2D eigenvalue weighted by atomic mass is 16.3. The van der Waals surface area contributed by atoms with Gasteiger partial charge in [0.05, 0.1) is 0 Å². The first-order chi connectivity index (χ1) is 11.0.